The van der Waals surface area contributed by atoms with Crippen LogP contribution in [0.15, 0.2) is 0 Å². The van der Waals surface area contributed by atoms with Crippen molar-refractivity contribution >= 4 is 29.7 Å². The highest BCUT2D eigenvalue weighted by Crippen LogP contribution is 2.31. The van der Waals surface area contributed by atoms with Gasteiger partial charge in [0.25, 0.3) is 0 Å². The molecule has 176 valence electrons. The lowest BCUT2D eigenvalue weighted by atomic mass is 9.79. The highest BCUT2D eigenvalue weighted by atomic mass is 16.5. The fraction of sp³-hybridized carbons (Fsp3) is 0.773. The van der Waals surface area contributed by atoms with Crippen molar-refractivity contribution in [1.29, 1.82) is 0 Å². The molecule has 0 saturated heterocycles. The van der Waals surface area contributed by atoms with E-state index < -0.39 is 11.9 Å². The fourth-order valence-corrected chi connectivity index (χ4v) is 4.06. The van der Waals surface area contributed by atoms with Gasteiger partial charge in [-0.15, -0.1) is 0 Å². The number of ketones is 1. The summed E-state index contributed by atoms with van der Waals surface area (Å²) in [4.78, 5) is 56.0. The third-order valence-corrected chi connectivity index (χ3v) is 5.95. The van der Waals surface area contributed by atoms with Crippen molar-refractivity contribution in [1.82, 2.24) is 0 Å². The van der Waals surface area contributed by atoms with Crippen LogP contribution < -0.4 is 0 Å². The van der Waals surface area contributed by atoms with E-state index in [9.17, 15) is 24.0 Å². The van der Waals surface area contributed by atoms with E-state index >= 15 is 0 Å². The molecule has 2 aliphatic carbocycles. The Balaban J connectivity index is 0.000000327. The molecule has 2 rings (SSSR count). The lowest BCUT2D eigenvalue weighted by molar-refractivity contribution is -0.150. The minimum absolute atomic E-state index is 0.0724. The Morgan fingerprint density at radius 3 is 1.45 bits per heavy atom. The topological polar surface area (TPSA) is 133 Å². The predicted molar refractivity (Wildman–Crippen MR) is 109 cm³/mol. The van der Waals surface area contributed by atoms with Crippen molar-refractivity contribution < 1.29 is 43.3 Å². The summed E-state index contributed by atoms with van der Waals surface area (Å²) in [5.74, 6) is -2.24. The molecule has 31 heavy (non-hydrogen) atoms. The standard InChI is InChI=1S/C13H20O5.C9H14O4/c1-3-18-12(15)8-11(14)9-4-6-10(7-5-9)13(16)17-2;1-13-9(12)7-4-2-6(3-5-7)8(10)11/h9-10H,3-8H2,1-2H3;6-7H,2-5H2,1H3,(H,10,11). The van der Waals surface area contributed by atoms with Crippen molar-refractivity contribution in [2.45, 2.75) is 64.7 Å². The molecule has 0 aromatic heterocycles. The molecule has 0 bridgehead atoms. The number of Topliss-reactive ketones (excluding diaryl/α,β-unsaturated/α-hetero) is 1. The minimum Gasteiger partial charge on any atom is -0.481 e. The monoisotopic (exact) mass is 442 g/mol. The van der Waals surface area contributed by atoms with Gasteiger partial charge in [0.2, 0.25) is 0 Å². The van der Waals surface area contributed by atoms with E-state index in [1.54, 1.807) is 6.92 Å². The highest BCUT2D eigenvalue weighted by Gasteiger charge is 2.31. The molecular weight excluding hydrogens is 408 g/mol. The van der Waals surface area contributed by atoms with Crippen LogP contribution in [0.4, 0.5) is 0 Å². The number of carbonyl (C=O) groups excluding carboxylic acids is 4. The zero-order chi connectivity index (χ0) is 23.4. The molecule has 0 atom stereocenters. The Bertz CT molecular complexity index is 627. The third-order valence-electron chi connectivity index (χ3n) is 5.95. The van der Waals surface area contributed by atoms with Gasteiger partial charge in [-0.05, 0) is 58.3 Å². The molecule has 0 spiro atoms. The highest BCUT2D eigenvalue weighted by molar-refractivity contribution is 5.96. The molecule has 0 aromatic carbocycles. The van der Waals surface area contributed by atoms with Crippen molar-refractivity contribution in [3.8, 4) is 0 Å². The van der Waals surface area contributed by atoms with Crippen molar-refractivity contribution in [3.05, 3.63) is 0 Å². The number of esters is 3. The molecule has 2 saturated carbocycles. The van der Waals surface area contributed by atoms with Crippen LogP contribution >= 0.6 is 0 Å². The third kappa shape index (κ3) is 9.06. The minimum atomic E-state index is -0.747. The maximum atomic E-state index is 11.8. The molecule has 0 radical (unpaired) electrons. The van der Waals surface area contributed by atoms with Gasteiger partial charge in [0, 0.05) is 5.92 Å². The first-order valence-electron chi connectivity index (χ1n) is 10.8. The van der Waals surface area contributed by atoms with E-state index in [-0.39, 0.29) is 47.8 Å². The van der Waals surface area contributed by atoms with Gasteiger partial charge in [0.15, 0.2) is 0 Å². The Morgan fingerprint density at radius 2 is 1.10 bits per heavy atom. The number of ether oxygens (including phenoxy) is 3. The second-order valence-corrected chi connectivity index (χ2v) is 7.93. The van der Waals surface area contributed by atoms with Gasteiger partial charge in [-0.2, -0.15) is 0 Å². The lowest BCUT2D eigenvalue weighted by Gasteiger charge is -2.25. The van der Waals surface area contributed by atoms with Crippen molar-refractivity contribution in [3.63, 3.8) is 0 Å². The van der Waals surface area contributed by atoms with Gasteiger partial charge in [-0.25, -0.2) is 0 Å². The van der Waals surface area contributed by atoms with Gasteiger partial charge in [0.05, 0.1) is 38.6 Å². The number of hydrogen-bond acceptors (Lipinski definition) is 8. The summed E-state index contributed by atoms with van der Waals surface area (Å²) in [7, 11) is 2.74. The smallest absolute Gasteiger partial charge is 0.313 e. The van der Waals surface area contributed by atoms with Crippen LogP contribution in [0.25, 0.3) is 0 Å². The summed E-state index contributed by atoms with van der Waals surface area (Å²) >= 11 is 0. The van der Waals surface area contributed by atoms with Gasteiger partial charge in [-0.3, -0.25) is 24.0 Å². The first-order valence-corrected chi connectivity index (χ1v) is 10.8. The van der Waals surface area contributed by atoms with Crippen molar-refractivity contribution in [2.24, 2.45) is 23.7 Å². The normalized spacial score (nSPS) is 25.3. The fourth-order valence-electron chi connectivity index (χ4n) is 4.06. The summed E-state index contributed by atoms with van der Waals surface area (Å²) in [6.45, 7) is 2.01. The molecule has 2 fully saturated rings. The van der Waals surface area contributed by atoms with E-state index in [4.69, 9.17) is 9.84 Å². The Morgan fingerprint density at radius 1 is 0.710 bits per heavy atom. The zero-order valence-corrected chi connectivity index (χ0v) is 18.6. The molecule has 0 heterocycles. The number of hydrogen-bond donors (Lipinski definition) is 1. The number of carboxylic acids is 1. The number of carboxylic acid groups (broad SMARTS) is 1. The first kappa shape index (κ1) is 26.6. The molecule has 0 aromatic rings. The van der Waals surface area contributed by atoms with Crippen LogP contribution in [0.1, 0.15) is 64.7 Å². The molecule has 9 heteroatoms. The average molecular weight is 443 g/mol. The van der Waals surface area contributed by atoms with E-state index in [0.29, 0.717) is 58.0 Å². The summed E-state index contributed by atoms with van der Waals surface area (Å²) in [5, 5.41) is 8.70. The number of methoxy groups -OCH3 is 2. The molecule has 1 N–H and O–H groups in total. The first-order chi connectivity index (χ1) is 14.7. The second kappa shape index (κ2) is 13.8. The van der Waals surface area contributed by atoms with Gasteiger partial charge in [0.1, 0.15) is 12.2 Å². The Kier molecular flexibility index (Phi) is 11.8. The maximum Gasteiger partial charge on any atom is 0.313 e. The van der Waals surface area contributed by atoms with E-state index in [0.717, 1.165) is 0 Å². The van der Waals surface area contributed by atoms with Crippen LogP contribution in [0.2, 0.25) is 0 Å². The molecule has 2 aliphatic rings. The Hall–Kier alpha value is -2.45. The zero-order valence-electron chi connectivity index (χ0n) is 18.6. The SMILES string of the molecule is CCOC(=O)CC(=O)C1CCC(C(=O)OC)CC1.COC(=O)C1CCC(C(=O)O)CC1. The van der Waals surface area contributed by atoms with E-state index in [2.05, 4.69) is 9.47 Å². The van der Waals surface area contributed by atoms with Crippen LogP contribution in [0, 0.1) is 23.7 Å². The summed E-state index contributed by atoms with van der Waals surface area (Å²) in [6, 6.07) is 0. The predicted octanol–water partition coefficient (Wildman–Crippen LogP) is 2.54. The van der Waals surface area contributed by atoms with Crippen LogP contribution in [-0.4, -0.2) is 55.6 Å². The molecular formula is C22H34O9. The maximum absolute atomic E-state index is 11.8. The second-order valence-electron chi connectivity index (χ2n) is 7.93. The van der Waals surface area contributed by atoms with Crippen molar-refractivity contribution in [2.75, 3.05) is 20.8 Å². The van der Waals surface area contributed by atoms with Crippen LogP contribution in [0.5, 0.6) is 0 Å². The van der Waals surface area contributed by atoms with Gasteiger partial charge in [-0.1, -0.05) is 0 Å². The molecule has 9 nitrogen and oxygen atoms in total. The van der Waals surface area contributed by atoms with Crippen LogP contribution in [-0.2, 0) is 38.2 Å². The number of carbonyl (C=O) groups is 5. The molecule has 0 aliphatic heterocycles. The number of aliphatic carboxylic acids is 1. The average Bonchev–Trinajstić information content (AvgIpc) is 2.78. The van der Waals surface area contributed by atoms with Crippen LogP contribution in [0.3, 0.4) is 0 Å². The summed E-state index contributed by atoms with van der Waals surface area (Å²) in [5.41, 5.74) is 0. The number of rotatable bonds is 7. The van der Waals surface area contributed by atoms with E-state index in [1.165, 1.54) is 14.2 Å². The quantitative estimate of drug-likeness (QED) is 0.358. The molecule has 0 amide bonds. The summed E-state index contributed by atoms with van der Waals surface area (Å²) in [6.07, 6.45) is 4.94. The molecule has 0 unspecified atom stereocenters. The summed E-state index contributed by atoms with van der Waals surface area (Å²) < 4.78 is 14.0. The lowest BCUT2D eigenvalue weighted by Crippen LogP contribution is -2.28. The Labute approximate surface area is 182 Å². The van der Waals surface area contributed by atoms with Gasteiger partial charge < -0.3 is 19.3 Å². The van der Waals surface area contributed by atoms with E-state index in [1.807, 2.05) is 0 Å². The largest absolute Gasteiger partial charge is 0.481 e. The van der Waals surface area contributed by atoms with Gasteiger partial charge >= 0.3 is 23.9 Å².